The lowest BCUT2D eigenvalue weighted by Gasteiger charge is -2.19. The van der Waals surface area contributed by atoms with E-state index in [1.165, 1.54) is 11.6 Å². The Hall–Kier alpha value is -2.82. The highest BCUT2D eigenvalue weighted by atomic mass is 16.6. The summed E-state index contributed by atoms with van der Waals surface area (Å²) in [5.74, 6) is -0.117. The van der Waals surface area contributed by atoms with E-state index in [0.29, 0.717) is 17.9 Å². The van der Waals surface area contributed by atoms with Crippen molar-refractivity contribution in [2.45, 2.75) is 39.5 Å². The maximum Gasteiger partial charge on any atom is 0.349 e. The van der Waals surface area contributed by atoms with Gasteiger partial charge in [0.2, 0.25) is 0 Å². The van der Waals surface area contributed by atoms with E-state index in [0.717, 1.165) is 6.42 Å². The zero-order chi connectivity index (χ0) is 19.9. The predicted octanol–water partition coefficient (Wildman–Crippen LogP) is 4.54. The third-order valence-electron chi connectivity index (χ3n) is 3.82. The molecular formula is C22H26O5. The van der Waals surface area contributed by atoms with E-state index >= 15 is 0 Å². The van der Waals surface area contributed by atoms with Crippen molar-refractivity contribution in [3.8, 4) is 11.5 Å². The Kier molecular flexibility index (Phi) is 6.99. The predicted molar refractivity (Wildman–Crippen MR) is 103 cm³/mol. The number of carbonyl (C=O) groups excluding carboxylic acids is 2. The molecule has 5 heteroatoms. The van der Waals surface area contributed by atoms with Gasteiger partial charge in [0.05, 0.1) is 12.2 Å². The number of esters is 2. The van der Waals surface area contributed by atoms with Crippen LogP contribution in [0.5, 0.6) is 11.5 Å². The summed E-state index contributed by atoms with van der Waals surface area (Å²) in [5, 5.41) is 0. The van der Waals surface area contributed by atoms with Crippen molar-refractivity contribution in [1.82, 2.24) is 0 Å². The second kappa shape index (κ2) is 9.21. The zero-order valence-corrected chi connectivity index (χ0v) is 16.3. The van der Waals surface area contributed by atoms with Crippen LogP contribution in [0.4, 0.5) is 0 Å². The van der Waals surface area contributed by atoms with E-state index in [4.69, 9.17) is 14.2 Å². The molecule has 27 heavy (non-hydrogen) atoms. The summed E-state index contributed by atoms with van der Waals surface area (Å²) in [6.45, 7) is 8.44. The third kappa shape index (κ3) is 6.44. The van der Waals surface area contributed by atoms with Crippen molar-refractivity contribution in [2.75, 3.05) is 13.2 Å². The van der Waals surface area contributed by atoms with E-state index in [2.05, 4.69) is 20.8 Å². The van der Waals surface area contributed by atoms with Crippen molar-refractivity contribution in [1.29, 1.82) is 0 Å². The molecule has 0 aliphatic rings. The number of hydrogen-bond acceptors (Lipinski definition) is 5. The van der Waals surface area contributed by atoms with Gasteiger partial charge in [-0.15, -0.1) is 0 Å². The van der Waals surface area contributed by atoms with E-state index in [9.17, 15) is 9.59 Å². The first-order valence-electron chi connectivity index (χ1n) is 9.01. The topological polar surface area (TPSA) is 61.8 Å². The fourth-order valence-electron chi connectivity index (χ4n) is 2.32. The second-order valence-corrected chi connectivity index (χ2v) is 7.20. The molecule has 0 amide bonds. The fraction of sp³-hybridized carbons (Fsp3) is 0.364. The van der Waals surface area contributed by atoms with Gasteiger partial charge in [-0.1, -0.05) is 45.9 Å². The lowest BCUT2D eigenvalue weighted by atomic mass is 9.87. The van der Waals surface area contributed by atoms with Crippen LogP contribution in [0, 0.1) is 0 Å². The lowest BCUT2D eigenvalue weighted by Crippen LogP contribution is -2.18. The molecular weight excluding hydrogens is 344 g/mol. The van der Waals surface area contributed by atoms with Gasteiger partial charge in [0.1, 0.15) is 11.5 Å². The number of rotatable bonds is 7. The summed E-state index contributed by atoms with van der Waals surface area (Å²) in [4.78, 5) is 23.9. The van der Waals surface area contributed by atoms with Gasteiger partial charge in [0.25, 0.3) is 0 Å². The van der Waals surface area contributed by atoms with Crippen molar-refractivity contribution in [2.24, 2.45) is 0 Å². The van der Waals surface area contributed by atoms with E-state index < -0.39 is 11.9 Å². The quantitative estimate of drug-likeness (QED) is 0.529. The van der Waals surface area contributed by atoms with Gasteiger partial charge in [-0.2, -0.15) is 0 Å². The molecule has 0 atom stereocenters. The highest BCUT2D eigenvalue weighted by Crippen LogP contribution is 2.24. The Balaban J connectivity index is 1.89. The Morgan fingerprint density at radius 3 is 2.30 bits per heavy atom. The molecule has 0 N–H and O–H groups in total. The molecule has 2 rings (SSSR count). The summed E-state index contributed by atoms with van der Waals surface area (Å²) in [6, 6.07) is 14.0. The van der Waals surface area contributed by atoms with Gasteiger partial charge in [0.15, 0.2) is 6.61 Å². The molecule has 0 fully saturated rings. The van der Waals surface area contributed by atoms with Crippen LogP contribution in [0.2, 0.25) is 0 Å². The van der Waals surface area contributed by atoms with Crippen LogP contribution in [0.15, 0.2) is 48.5 Å². The van der Waals surface area contributed by atoms with Crippen LogP contribution in [-0.2, 0) is 14.9 Å². The molecule has 0 aliphatic carbocycles. The van der Waals surface area contributed by atoms with E-state index in [1.54, 1.807) is 18.2 Å². The molecule has 0 heterocycles. The number of ether oxygens (including phenoxy) is 3. The highest BCUT2D eigenvalue weighted by molar-refractivity contribution is 5.90. The first kappa shape index (κ1) is 20.5. The van der Waals surface area contributed by atoms with Gasteiger partial charge in [-0.05, 0) is 47.7 Å². The average molecular weight is 370 g/mol. The highest BCUT2D eigenvalue weighted by Gasteiger charge is 2.14. The monoisotopic (exact) mass is 370 g/mol. The molecule has 0 bridgehead atoms. The van der Waals surface area contributed by atoms with Gasteiger partial charge < -0.3 is 14.2 Å². The number of benzene rings is 2. The van der Waals surface area contributed by atoms with Crippen LogP contribution in [0.25, 0.3) is 0 Å². The van der Waals surface area contributed by atoms with Crippen LogP contribution in [0.3, 0.4) is 0 Å². The normalized spacial score (nSPS) is 11.0. The third-order valence-corrected chi connectivity index (χ3v) is 3.82. The van der Waals surface area contributed by atoms with Gasteiger partial charge in [0, 0.05) is 0 Å². The van der Waals surface area contributed by atoms with Crippen molar-refractivity contribution in [3.05, 3.63) is 59.7 Å². The maximum absolute atomic E-state index is 12.0. The maximum atomic E-state index is 12.0. The molecule has 0 radical (unpaired) electrons. The molecule has 0 saturated carbocycles. The van der Waals surface area contributed by atoms with E-state index in [-0.39, 0.29) is 17.8 Å². The van der Waals surface area contributed by atoms with Gasteiger partial charge in [-0.3, -0.25) is 0 Å². The van der Waals surface area contributed by atoms with Crippen LogP contribution < -0.4 is 9.47 Å². The first-order valence-corrected chi connectivity index (χ1v) is 9.01. The minimum atomic E-state index is -0.547. The average Bonchev–Trinajstić information content (AvgIpc) is 2.64. The Morgan fingerprint density at radius 2 is 1.67 bits per heavy atom. The van der Waals surface area contributed by atoms with E-state index in [1.807, 2.05) is 31.2 Å². The standard InChI is InChI=1S/C22H26O5/c1-5-13-25-21(24)16-7-6-8-19(14-16)27-20(23)15-26-18-11-9-17(10-12-18)22(2,3)4/h6-12,14H,5,13,15H2,1-4H3. The fourth-order valence-corrected chi connectivity index (χ4v) is 2.32. The number of carbonyl (C=O) groups is 2. The summed E-state index contributed by atoms with van der Waals surface area (Å²) in [5.41, 5.74) is 1.58. The van der Waals surface area contributed by atoms with Crippen molar-refractivity contribution in [3.63, 3.8) is 0 Å². The SMILES string of the molecule is CCCOC(=O)c1cccc(OC(=O)COc2ccc(C(C)(C)C)cc2)c1. The minimum Gasteiger partial charge on any atom is -0.482 e. The summed E-state index contributed by atoms with van der Waals surface area (Å²) in [7, 11) is 0. The molecule has 144 valence electrons. The lowest BCUT2D eigenvalue weighted by molar-refractivity contribution is -0.136. The first-order chi connectivity index (χ1) is 12.8. The smallest absolute Gasteiger partial charge is 0.349 e. The Bertz CT molecular complexity index is 772. The molecule has 0 unspecified atom stereocenters. The molecule has 0 saturated heterocycles. The minimum absolute atomic E-state index is 0.0563. The molecule has 0 aromatic heterocycles. The number of hydrogen-bond donors (Lipinski definition) is 0. The van der Waals surface area contributed by atoms with Gasteiger partial charge in [-0.25, -0.2) is 9.59 Å². The molecule has 0 spiro atoms. The summed E-state index contributed by atoms with van der Waals surface area (Å²) in [6.07, 6.45) is 0.745. The molecule has 2 aromatic carbocycles. The summed E-state index contributed by atoms with van der Waals surface area (Å²) < 4.78 is 15.8. The van der Waals surface area contributed by atoms with Gasteiger partial charge >= 0.3 is 11.9 Å². The van der Waals surface area contributed by atoms with Crippen molar-refractivity contribution < 1.29 is 23.8 Å². The van der Waals surface area contributed by atoms with Crippen LogP contribution in [-0.4, -0.2) is 25.2 Å². The zero-order valence-electron chi connectivity index (χ0n) is 16.3. The Morgan fingerprint density at radius 1 is 0.963 bits per heavy atom. The molecule has 0 aliphatic heterocycles. The largest absolute Gasteiger partial charge is 0.482 e. The molecule has 2 aromatic rings. The van der Waals surface area contributed by atoms with Crippen LogP contribution >= 0.6 is 0 Å². The summed E-state index contributed by atoms with van der Waals surface area (Å²) >= 11 is 0. The second-order valence-electron chi connectivity index (χ2n) is 7.20. The van der Waals surface area contributed by atoms with Crippen molar-refractivity contribution >= 4 is 11.9 Å². The molecule has 5 nitrogen and oxygen atoms in total. The Labute approximate surface area is 160 Å². The van der Waals surface area contributed by atoms with Crippen LogP contribution in [0.1, 0.15) is 50.0 Å².